The second-order valence-corrected chi connectivity index (χ2v) is 12.0. The highest BCUT2D eigenvalue weighted by Gasteiger charge is 2.60. The number of hydrogen-bond donors (Lipinski definition) is 7. The van der Waals surface area contributed by atoms with E-state index in [2.05, 4.69) is 38.1 Å². The van der Waals surface area contributed by atoms with Crippen molar-refractivity contribution in [3.05, 3.63) is 27.1 Å². The Hall–Kier alpha value is -2.28. The highest BCUT2D eigenvalue weighted by molar-refractivity contribution is 7.66. The first-order valence-corrected chi connectivity index (χ1v) is 13.9. The van der Waals surface area contributed by atoms with E-state index in [1.807, 2.05) is 0 Å². The summed E-state index contributed by atoms with van der Waals surface area (Å²) in [4.78, 5) is 60.3. The molecule has 2 aromatic heterocycles. The summed E-state index contributed by atoms with van der Waals surface area (Å²) in [7, 11) is -17.2. The molecular formula is C12H18FN8O13P3. The summed E-state index contributed by atoms with van der Waals surface area (Å²) in [5.41, 5.74) is 7.91. The monoisotopic (exact) mass is 594 g/mol. The largest absolute Gasteiger partial charge is 0.490 e. The van der Waals surface area contributed by atoms with Crippen LogP contribution in [0.3, 0.4) is 0 Å². The molecule has 0 saturated carbocycles. The van der Waals surface area contributed by atoms with E-state index in [9.17, 15) is 33.4 Å². The minimum atomic E-state index is -5.87. The molecule has 0 bridgehead atoms. The minimum absolute atomic E-state index is 0.161. The smallest absolute Gasteiger partial charge is 0.386 e. The highest BCUT2D eigenvalue weighted by Crippen LogP contribution is 2.66. The summed E-state index contributed by atoms with van der Waals surface area (Å²) in [6.07, 6.45) is -1.27. The zero-order chi connectivity index (χ0) is 27.9. The number of aromatic amines is 1. The fraction of sp³-hybridized carbons (Fsp3) is 0.583. The zero-order valence-electron chi connectivity index (χ0n) is 18.0. The van der Waals surface area contributed by atoms with Crippen LogP contribution in [0.5, 0.6) is 0 Å². The molecule has 8 N–H and O–H groups in total. The molecule has 1 aliphatic heterocycles. The van der Waals surface area contributed by atoms with Crippen molar-refractivity contribution in [3.8, 4) is 0 Å². The van der Waals surface area contributed by atoms with Crippen molar-refractivity contribution in [3.63, 3.8) is 0 Å². The van der Waals surface area contributed by atoms with Gasteiger partial charge in [0.15, 0.2) is 16.8 Å². The third-order valence-electron chi connectivity index (χ3n) is 4.80. The molecule has 2 aromatic rings. The van der Waals surface area contributed by atoms with Crippen molar-refractivity contribution in [2.45, 2.75) is 23.9 Å². The topological polar surface area (TPSA) is 328 Å². The van der Waals surface area contributed by atoms with Gasteiger partial charge in [-0.3, -0.25) is 14.3 Å². The number of nitrogens with two attached hydrogens (primary N) is 1. The minimum Gasteiger partial charge on any atom is -0.386 e. The molecule has 1 saturated heterocycles. The molecule has 3 rings (SSSR count). The Bertz CT molecular complexity index is 1440. The molecule has 0 amide bonds. The van der Waals surface area contributed by atoms with Gasteiger partial charge < -0.3 is 39.7 Å². The number of ether oxygens (including phenoxy) is 1. The number of nitrogens with zero attached hydrogens (tertiary/aromatic N) is 6. The van der Waals surface area contributed by atoms with Gasteiger partial charge in [0.25, 0.3) is 5.56 Å². The molecule has 206 valence electrons. The van der Waals surface area contributed by atoms with Gasteiger partial charge in [-0.15, -0.1) is 0 Å². The van der Waals surface area contributed by atoms with Gasteiger partial charge >= 0.3 is 23.5 Å². The lowest BCUT2D eigenvalue weighted by Crippen LogP contribution is -2.53. The number of phosphoric acid groups is 3. The number of anilines is 1. The molecule has 1 aliphatic rings. The number of aromatic nitrogens is 4. The Morgan fingerprint density at radius 1 is 1.32 bits per heavy atom. The van der Waals surface area contributed by atoms with Crippen LogP contribution in [0, 0.1) is 0 Å². The first kappa shape index (κ1) is 29.3. The predicted molar refractivity (Wildman–Crippen MR) is 115 cm³/mol. The van der Waals surface area contributed by atoms with Gasteiger partial charge in [0.05, 0.1) is 32.6 Å². The third kappa shape index (κ3) is 6.78. The Kier molecular flexibility index (Phi) is 8.01. The van der Waals surface area contributed by atoms with Crippen LogP contribution in [0.4, 0.5) is 10.3 Å². The first-order chi connectivity index (χ1) is 16.9. The molecule has 5 atom stereocenters. The van der Waals surface area contributed by atoms with Gasteiger partial charge in [0.2, 0.25) is 5.95 Å². The average molecular weight is 594 g/mol. The van der Waals surface area contributed by atoms with E-state index >= 15 is 4.39 Å². The fourth-order valence-corrected chi connectivity index (χ4v) is 6.41. The summed E-state index contributed by atoms with van der Waals surface area (Å²) >= 11 is 0. The third-order valence-corrected chi connectivity index (χ3v) is 8.59. The summed E-state index contributed by atoms with van der Waals surface area (Å²) in [6.45, 7) is -3.92. The lowest BCUT2D eigenvalue weighted by Gasteiger charge is -2.33. The van der Waals surface area contributed by atoms with Gasteiger partial charge in [0, 0.05) is 4.91 Å². The molecule has 0 aromatic carbocycles. The standard InChI is InChI=1S/C12H18FN8O13P3/c13-11(2-21-5-16-6-7(21)18-10(14)19-8(6)22)3-31-12(9(11)23,1-17-20-15)4-32-36(27,28)34-37(29,30)33-35(24,25)26/h5,9,23H,1-4H2,(H,27,28)(H,29,30)(H2,24,25,26)(H3,14,18,19,22)/t9-,11-,12+/m0/s1. The molecular weight excluding hydrogens is 576 g/mol. The number of alkyl halides is 1. The van der Waals surface area contributed by atoms with Crippen LogP contribution in [0.2, 0.25) is 0 Å². The van der Waals surface area contributed by atoms with E-state index in [1.54, 1.807) is 0 Å². The molecule has 0 aliphatic carbocycles. The fourth-order valence-electron chi connectivity index (χ4n) is 3.34. The van der Waals surface area contributed by atoms with E-state index in [4.69, 9.17) is 25.8 Å². The summed E-state index contributed by atoms with van der Waals surface area (Å²) in [5.74, 6) is -0.316. The number of aliphatic hydroxyl groups is 1. The number of hydrogen-bond acceptors (Lipinski definition) is 13. The number of nitrogens with one attached hydrogen (secondary N) is 1. The number of imidazole rings is 1. The number of H-pyrrole nitrogens is 1. The molecule has 37 heavy (non-hydrogen) atoms. The molecule has 21 nitrogen and oxygen atoms in total. The van der Waals surface area contributed by atoms with Crippen LogP contribution in [-0.2, 0) is 38.1 Å². The Morgan fingerprint density at radius 2 is 2.00 bits per heavy atom. The second-order valence-electron chi connectivity index (χ2n) is 7.54. The van der Waals surface area contributed by atoms with Crippen LogP contribution < -0.4 is 11.3 Å². The number of halogens is 1. The second kappa shape index (κ2) is 10.1. The van der Waals surface area contributed by atoms with E-state index in [0.717, 1.165) is 10.9 Å². The van der Waals surface area contributed by atoms with Gasteiger partial charge in [-0.1, -0.05) is 5.11 Å². The summed E-state index contributed by atoms with van der Waals surface area (Å²) in [5, 5.41) is 13.9. The lowest BCUT2D eigenvalue weighted by molar-refractivity contribution is -0.0899. The number of nitrogen functional groups attached to an aromatic ring is 1. The molecule has 0 spiro atoms. The molecule has 3 heterocycles. The zero-order valence-corrected chi connectivity index (χ0v) is 20.6. The number of rotatable bonds is 11. The molecule has 25 heteroatoms. The SMILES string of the molecule is [N-]=[N+]=NC[C@]1(COP(=O)(O)OP(=O)(O)OP(=O)(O)O)OC[C@@](F)(Cn2cnc3c(=O)[nH]c(N)nc32)[C@@H]1O. The highest BCUT2D eigenvalue weighted by atomic mass is 31.3. The van der Waals surface area contributed by atoms with Gasteiger partial charge in [-0.2, -0.15) is 13.6 Å². The van der Waals surface area contributed by atoms with E-state index in [1.165, 1.54) is 0 Å². The summed E-state index contributed by atoms with van der Waals surface area (Å²) in [6, 6.07) is 0. The maximum Gasteiger partial charge on any atom is 0.490 e. The maximum atomic E-state index is 15.9. The Labute approximate surface area is 203 Å². The average Bonchev–Trinajstić information content (AvgIpc) is 3.23. The van der Waals surface area contributed by atoms with Crippen molar-refractivity contribution in [2.75, 3.05) is 25.5 Å². The first-order valence-electron chi connectivity index (χ1n) is 9.42. The van der Waals surface area contributed by atoms with Crippen molar-refractivity contribution in [1.29, 1.82) is 0 Å². The van der Waals surface area contributed by atoms with Crippen molar-refractivity contribution >= 4 is 40.6 Å². The number of fused-ring (bicyclic) bond motifs is 1. The lowest BCUT2D eigenvalue weighted by atomic mass is 9.88. The van der Waals surface area contributed by atoms with Crippen LogP contribution in [0.15, 0.2) is 16.2 Å². The Morgan fingerprint density at radius 3 is 2.62 bits per heavy atom. The van der Waals surface area contributed by atoms with Gasteiger partial charge in [-0.05, 0) is 5.53 Å². The van der Waals surface area contributed by atoms with Crippen LogP contribution >= 0.6 is 23.5 Å². The van der Waals surface area contributed by atoms with E-state index in [-0.39, 0.29) is 17.1 Å². The van der Waals surface area contributed by atoms with Crippen LogP contribution in [0.1, 0.15) is 0 Å². The molecule has 2 unspecified atom stereocenters. The molecule has 1 fully saturated rings. The quantitative estimate of drug-likeness (QED) is 0.0724. The van der Waals surface area contributed by atoms with Gasteiger partial charge in [0.1, 0.15) is 11.7 Å². The number of phosphoric ester groups is 1. The number of aliphatic hydroxyl groups excluding tert-OH is 1. The van der Waals surface area contributed by atoms with Crippen molar-refractivity contribution < 1.29 is 60.6 Å². The van der Waals surface area contributed by atoms with E-state index < -0.39 is 72.7 Å². The van der Waals surface area contributed by atoms with Crippen molar-refractivity contribution in [1.82, 2.24) is 19.5 Å². The van der Waals surface area contributed by atoms with Crippen molar-refractivity contribution in [2.24, 2.45) is 5.11 Å². The normalized spacial score (nSPS) is 27.5. The Balaban J connectivity index is 1.84. The summed E-state index contributed by atoms with van der Waals surface area (Å²) < 4.78 is 68.0. The van der Waals surface area contributed by atoms with Crippen LogP contribution in [-0.4, -0.2) is 81.3 Å². The van der Waals surface area contributed by atoms with Gasteiger partial charge in [-0.25, -0.2) is 23.1 Å². The van der Waals surface area contributed by atoms with E-state index in [0.29, 0.717) is 0 Å². The van der Waals surface area contributed by atoms with Crippen LogP contribution in [0.25, 0.3) is 21.6 Å². The number of azide groups is 1. The molecule has 0 radical (unpaired) electrons. The predicted octanol–water partition coefficient (Wildman–Crippen LogP) is -0.806. The maximum absolute atomic E-state index is 15.9.